The number of carbonyl (C=O) groups is 3. The third-order valence-electron chi connectivity index (χ3n) is 7.49. The summed E-state index contributed by atoms with van der Waals surface area (Å²) in [6.07, 6.45) is 0.185. The molecular formula is C30H41N3O5S. The maximum Gasteiger partial charge on any atom is 0.254 e. The molecule has 9 heteroatoms. The van der Waals surface area contributed by atoms with Crippen LogP contribution in [0.15, 0.2) is 48.5 Å². The van der Waals surface area contributed by atoms with Gasteiger partial charge in [-0.2, -0.15) is 0 Å². The number of hydrogen-bond acceptors (Lipinski definition) is 6. The van der Waals surface area contributed by atoms with Gasteiger partial charge < -0.3 is 25.7 Å². The van der Waals surface area contributed by atoms with Crippen LogP contribution >= 0.6 is 11.8 Å². The van der Waals surface area contributed by atoms with Crippen molar-refractivity contribution in [2.75, 3.05) is 12.4 Å². The van der Waals surface area contributed by atoms with E-state index in [2.05, 4.69) is 24.5 Å². The summed E-state index contributed by atoms with van der Waals surface area (Å²) < 4.78 is -0.545. The maximum atomic E-state index is 13.7. The van der Waals surface area contributed by atoms with Gasteiger partial charge in [0.05, 0.1) is 11.9 Å². The van der Waals surface area contributed by atoms with E-state index < -0.39 is 34.7 Å². The fraction of sp³-hybridized carbons (Fsp3) is 0.500. The first-order valence-electron chi connectivity index (χ1n) is 13.5. The Bertz CT molecular complexity index is 1160. The Kier molecular flexibility index (Phi) is 10.4. The Hall–Kier alpha value is -3.04. The molecule has 0 aromatic heterocycles. The summed E-state index contributed by atoms with van der Waals surface area (Å²) in [5.41, 5.74) is 1.68. The van der Waals surface area contributed by atoms with Crippen LogP contribution < -0.4 is 10.6 Å². The zero-order valence-electron chi connectivity index (χ0n) is 23.4. The van der Waals surface area contributed by atoms with Crippen molar-refractivity contribution in [2.45, 2.75) is 76.8 Å². The van der Waals surface area contributed by atoms with Crippen molar-refractivity contribution in [1.82, 2.24) is 15.5 Å². The van der Waals surface area contributed by atoms with Gasteiger partial charge in [-0.15, -0.1) is 11.8 Å². The topological polar surface area (TPSA) is 119 Å². The summed E-state index contributed by atoms with van der Waals surface area (Å²) >= 11 is 1.48. The summed E-state index contributed by atoms with van der Waals surface area (Å²) in [5.74, 6) is -0.779. The molecule has 8 nitrogen and oxygen atoms in total. The molecule has 1 heterocycles. The molecule has 3 amide bonds. The number of aromatic hydroxyl groups is 1. The second kappa shape index (κ2) is 13.3. The average molecular weight is 556 g/mol. The lowest BCUT2D eigenvalue weighted by Crippen LogP contribution is -2.58. The third kappa shape index (κ3) is 7.54. The SMILES string of the molecule is CCC(C)CNC(=O)[C@H]1N(C(=O)[C@@H](O)[C@H](CCc2ccccc2)NC(=O)c2cccc(O)c2C)CSC1(C)C. The lowest BCUT2D eigenvalue weighted by Gasteiger charge is -2.33. The molecule has 1 aliphatic heterocycles. The molecule has 2 aromatic rings. The molecule has 212 valence electrons. The van der Waals surface area contributed by atoms with E-state index in [-0.39, 0.29) is 23.1 Å². The Morgan fingerprint density at radius 3 is 2.49 bits per heavy atom. The molecule has 0 saturated carbocycles. The Labute approximate surface area is 235 Å². The number of phenols is 1. The molecule has 1 aliphatic rings. The number of thioether (sulfide) groups is 1. The molecule has 39 heavy (non-hydrogen) atoms. The number of amides is 3. The molecule has 0 bridgehead atoms. The number of aliphatic hydroxyl groups is 1. The minimum absolute atomic E-state index is 0.0114. The number of benzene rings is 2. The first-order valence-corrected chi connectivity index (χ1v) is 14.5. The van der Waals surface area contributed by atoms with Crippen LogP contribution in [-0.4, -0.2) is 68.2 Å². The number of rotatable bonds is 11. The van der Waals surface area contributed by atoms with Crippen molar-refractivity contribution < 1.29 is 24.6 Å². The van der Waals surface area contributed by atoms with Gasteiger partial charge in [0, 0.05) is 22.4 Å². The lowest BCUT2D eigenvalue weighted by molar-refractivity contribution is -0.147. The summed E-state index contributed by atoms with van der Waals surface area (Å²) in [5, 5.41) is 27.2. The Morgan fingerprint density at radius 1 is 1.13 bits per heavy atom. The summed E-state index contributed by atoms with van der Waals surface area (Å²) in [7, 11) is 0. The van der Waals surface area contributed by atoms with Gasteiger partial charge in [-0.3, -0.25) is 14.4 Å². The largest absolute Gasteiger partial charge is 0.508 e. The van der Waals surface area contributed by atoms with Crippen LogP contribution in [0.5, 0.6) is 5.75 Å². The molecular weight excluding hydrogens is 514 g/mol. The van der Waals surface area contributed by atoms with Gasteiger partial charge in [-0.05, 0) is 57.2 Å². The number of phenolic OH excluding ortho intramolecular Hbond substituents is 1. The number of carbonyl (C=O) groups excluding carboxylic acids is 3. The summed E-state index contributed by atoms with van der Waals surface area (Å²) in [6.45, 7) is 10.1. The van der Waals surface area contributed by atoms with Crippen molar-refractivity contribution in [3.8, 4) is 5.75 Å². The predicted molar refractivity (Wildman–Crippen MR) is 155 cm³/mol. The van der Waals surface area contributed by atoms with Gasteiger partial charge >= 0.3 is 0 Å². The van der Waals surface area contributed by atoms with Gasteiger partial charge in [0.2, 0.25) is 5.91 Å². The standard InChI is InChI=1S/C30H41N3O5S/c1-6-19(2)17-31-28(37)26-30(4,5)39-18-33(26)29(38)25(35)23(16-15-21-11-8-7-9-12-21)32-27(36)22-13-10-14-24(34)20(22)3/h7-14,19,23,25-26,34-35H,6,15-18H2,1-5H3,(H,31,37)(H,32,36)/t19?,23-,25-,26+/m0/s1. The fourth-order valence-corrected chi connectivity index (χ4v) is 5.80. The van der Waals surface area contributed by atoms with E-state index in [1.165, 1.54) is 22.7 Å². The third-order valence-corrected chi connectivity index (χ3v) is 8.86. The molecule has 1 saturated heterocycles. The molecule has 2 aromatic carbocycles. The van der Waals surface area contributed by atoms with E-state index in [1.54, 1.807) is 19.1 Å². The highest BCUT2D eigenvalue weighted by Crippen LogP contribution is 2.40. The molecule has 3 rings (SSSR count). The second-order valence-electron chi connectivity index (χ2n) is 10.8. The highest BCUT2D eigenvalue weighted by atomic mass is 32.2. The smallest absolute Gasteiger partial charge is 0.254 e. The first kappa shape index (κ1) is 30.5. The van der Waals surface area contributed by atoms with Crippen molar-refractivity contribution in [2.24, 2.45) is 5.92 Å². The van der Waals surface area contributed by atoms with Crippen LogP contribution in [0.1, 0.15) is 62.0 Å². The highest BCUT2D eigenvalue weighted by Gasteiger charge is 2.49. The number of hydrogen-bond donors (Lipinski definition) is 4. The number of nitrogens with one attached hydrogen (secondary N) is 2. The minimum Gasteiger partial charge on any atom is -0.508 e. The molecule has 0 radical (unpaired) electrons. The molecule has 1 unspecified atom stereocenters. The highest BCUT2D eigenvalue weighted by molar-refractivity contribution is 8.00. The van der Waals surface area contributed by atoms with E-state index in [0.717, 1.165) is 12.0 Å². The van der Waals surface area contributed by atoms with Crippen LogP contribution in [0, 0.1) is 12.8 Å². The Balaban J connectivity index is 1.83. The quantitative estimate of drug-likeness (QED) is 0.336. The predicted octanol–water partition coefficient (Wildman–Crippen LogP) is 3.64. The summed E-state index contributed by atoms with van der Waals surface area (Å²) in [4.78, 5) is 41.6. The maximum absolute atomic E-state index is 13.7. The Morgan fingerprint density at radius 2 is 1.82 bits per heavy atom. The van der Waals surface area contributed by atoms with E-state index in [4.69, 9.17) is 0 Å². The monoisotopic (exact) mass is 555 g/mol. The molecule has 0 aliphatic carbocycles. The van der Waals surface area contributed by atoms with Gasteiger partial charge in [-0.1, -0.05) is 56.7 Å². The van der Waals surface area contributed by atoms with Crippen LogP contribution in [0.2, 0.25) is 0 Å². The molecule has 0 spiro atoms. The zero-order valence-corrected chi connectivity index (χ0v) is 24.3. The van der Waals surface area contributed by atoms with E-state index >= 15 is 0 Å². The van der Waals surface area contributed by atoms with Crippen LogP contribution in [0.4, 0.5) is 0 Å². The van der Waals surface area contributed by atoms with Crippen molar-refractivity contribution in [3.63, 3.8) is 0 Å². The van der Waals surface area contributed by atoms with Gasteiger partial charge in [0.15, 0.2) is 6.10 Å². The number of nitrogens with zero attached hydrogens (tertiary/aromatic N) is 1. The fourth-order valence-electron chi connectivity index (χ4n) is 4.66. The normalized spacial score (nSPS) is 18.7. The zero-order chi connectivity index (χ0) is 28.7. The number of aliphatic hydroxyl groups excluding tert-OH is 1. The van der Waals surface area contributed by atoms with Gasteiger partial charge in [0.25, 0.3) is 11.8 Å². The van der Waals surface area contributed by atoms with E-state index in [0.29, 0.717) is 30.9 Å². The second-order valence-corrected chi connectivity index (χ2v) is 12.4. The van der Waals surface area contributed by atoms with Crippen LogP contribution in [-0.2, 0) is 16.0 Å². The number of aryl methyl sites for hydroxylation is 1. The van der Waals surface area contributed by atoms with Crippen molar-refractivity contribution in [3.05, 3.63) is 65.2 Å². The van der Waals surface area contributed by atoms with E-state index in [9.17, 15) is 24.6 Å². The van der Waals surface area contributed by atoms with Crippen LogP contribution in [0.25, 0.3) is 0 Å². The molecule has 4 N–H and O–H groups in total. The average Bonchev–Trinajstić information content (AvgIpc) is 3.25. The van der Waals surface area contributed by atoms with Gasteiger partial charge in [-0.25, -0.2) is 0 Å². The minimum atomic E-state index is -1.56. The lowest BCUT2D eigenvalue weighted by atomic mass is 9.96. The van der Waals surface area contributed by atoms with E-state index in [1.807, 2.05) is 44.2 Å². The first-order chi connectivity index (χ1) is 18.5. The summed E-state index contributed by atoms with van der Waals surface area (Å²) in [6, 6.07) is 12.6. The van der Waals surface area contributed by atoms with Crippen molar-refractivity contribution in [1.29, 1.82) is 0 Å². The molecule has 4 atom stereocenters. The van der Waals surface area contributed by atoms with Crippen LogP contribution in [0.3, 0.4) is 0 Å². The van der Waals surface area contributed by atoms with Crippen molar-refractivity contribution >= 4 is 29.5 Å². The molecule has 1 fully saturated rings. The van der Waals surface area contributed by atoms with Gasteiger partial charge in [0.1, 0.15) is 11.8 Å².